The molecule has 1 aliphatic heterocycles. The molecule has 0 spiro atoms. The van der Waals surface area contributed by atoms with Crippen molar-refractivity contribution >= 4 is 23.8 Å². The molecule has 2 aromatic carbocycles. The summed E-state index contributed by atoms with van der Waals surface area (Å²) in [7, 11) is 1.37. The molecule has 1 N–H and O–H groups in total. The van der Waals surface area contributed by atoms with E-state index in [0.29, 0.717) is 24.9 Å². The minimum absolute atomic E-state index is 0.184. The van der Waals surface area contributed by atoms with Crippen LogP contribution < -0.4 is 0 Å². The number of fused-ring (bicyclic) bond motifs is 1. The van der Waals surface area contributed by atoms with Gasteiger partial charge in [-0.2, -0.15) is 0 Å². The van der Waals surface area contributed by atoms with E-state index in [4.69, 9.17) is 9.47 Å². The van der Waals surface area contributed by atoms with Crippen LogP contribution in [-0.4, -0.2) is 59.7 Å². The Morgan fingerprint density at radius 1 is 1.09 bits per heavy atom. The van der Waals surface area contributed by atoms with E-state index in [2.05, 4.69) is 12.1 Å². The molecule has 0 bridgehead atoms. The molecule has 0 radical (unpaired) electrons. The Kier molecular flexibility index (Phi) is 7.06. The van der Waals surface area contributed by atoms with E-state index < -0.39 is 12.2 Å². The number of amides is 1. The predicted molar refractivity (Wildman–Crippen MR) is 123 cm³/mol. The highest BCUT2D eigenvalue weighted by Gasteiger charge is 2.58. The monoisotopic (exact) mass is 455 g/mol. The zero-order valence-corrected chi connectivity index (χ0v) is 19.0. The number of carbonyl (C=O) groups is 2. The van der Waals surface area contributed by atoms with Gasteiger partial charge in [0.15, 0.2) is 0 Å². The van der Waals surface area contributed by atoms with Gasteiger partial charge in [0.2, 0.25) is 0 Å². The molecule has 32 heavy (non-hydrogen) atoms. The number of rotatable bonds is 6. The molecule has 1 saturated carbocycles. The van der Waals surface area contributed by atoms with Gasteiger partial charge < -0.3 is 19.5 Å². The fraction of sp³-hybridized carbons (Fsp3) is 0.440. The lowest BCUT2D eigenvalue weighted by atomic mass is 9.72. The van der Waals surface area contributed by atoms with E-state index in [9.17, 15) is 14.7 Å². The number of hydrogen-bond donors (Lipinski definition) is 1. The van der Waals surface area contributed by atoms with Crippen LogP contribution in [0.4, 0.5) is 4.79 Å². The average Bonchev–Trinajstić information content (AvgIpc) is 3.18. The second-order valence-electron chi connectivity index (χ2n) is 8.41. The van der Waals surface area contributed by atoms with Gasteiger partial charge >= 0.3 is 12.1 Å². The van der Waals surface area contributed by atoms with E-state index in [1.807, 2.05) is 24.3 Å². The number of likely N-dealkylation sites (tertiary alicyclic amines) is 1. The number of aliphatic hydroxyl groups is 1. The van der Waals surface area contributed by atoms with Crippen LogP contribution in [0.1, 0.15) is 36.0 Å². The maximum Gasteiger partial charge on any atom is 0.409 e. The highest BCUT2D eigenvalue weighted by Crippen LogP contribution is 2.55. The zero-order valence-electron chi connectivity index (χ0n) is 18.2. The molecule has 1 amide bonds. The number of hydrogen-bond acceptors (Lipinski definition) is 6. The smallest absolute Gasteiger partial charge is 0.409 e. The van der Waals surface area contributed by atoms with E-state index >= 15 is 0 Å². The third-order valence-corrected chi connectivity index (χ3v) is 8.24. The van der Waals surface area contributed by atoms with E-state index in [1.165, 1.54) is 7.11 Å². The van der Waals surface area contributed by atoms with Gasteiger partial charge in [0.1, 0.15) is 0 Å². The van der Waals surface area contributed by atoms with Crippen LogP contribution in [0.2, 0.25) is 0 Å². The molecule has 170 valence electrons. The topological polar surface area (TPSA) is 76.1 Å². The maximum absolute atomic E-state index is 12.5. The van der Waals surface area contributed by atoms with Crippen molar-refractivity contribution in [2.24, 2.45) is 5.41 Å². The number of nitrogens with zero attached hydrogens (tertiary/aromatic N) is 1. The molecule has 1 heterocycles. The molecule has 4 atom stereocenters. The lowest BCUT2D eigenvalue weighted by molar-refractivity contribution is -0.0229. The van der Waals surface area contributed by atoms with Crippen molar-refractivity contribution in [3.8, 4) is 0 Å². The highest BCUT2D eigenvalue weighted by molar-refractivity contribution is 8.00. The van der Waals surface area contributed by atoms with Crippen molar-refractivity contribution in [3.05, 3.63) is 66.2 Å². The van der Waals surface area contributed by atoms with E-state index in [0.717, 1.165) is 17.7 Å². The molecule has 2 fully saturated rings. The Bertz CT molecular complexity index is 924. The molecule has 6 nitrogen and oxygen atoms in total. The molecule has 0 aromatic heterocycles. The summed E-state index contributed by atoms with van der Waals surface area (Å²) in [5.41, 5.74) is 0.145. The third kappa shape index (κ3) is 4.50. The Hall–Kier alpha value is -2.51. The van der Waals surface area contributed by atoms with Gasteiger partial charge in [-0.3, -0.25) is 0 Å². The van der Waals surface area contributed by atoms with Crippen LogP contribution >= 0.6 is 11.8 Å². The maximum atomic E-state index is 12.5. The molecular weight excluding hydrogens is 426 g/mol. The first-order valence-corrected chi connectivity index (χ1v) is 11.9. The van der Waals surface area contributed by atoms with Crippen LogP contribution in [-0.2, 0) is 9.47 Å². The molecule has 4 rings (SSSR count). The number of thioether (sulfide) groups is 1. The van der Waals surface area contributed by atoms with Crippen LogP contribution in [0.5, 0.6) is 0 Å². The molecule has 1 saturated heterocycles. The van der Waals surface area contributed by atoms with Crippen LogP contribution in [0.15, 0.2) is 65.6 Å². The second kappa shape index (κ2) is 9.96. The normalized spacial score (nSPS) is 26.9. The molecular formula is C25H29NO5S. The zero-order chi connectivity index (χ0) is 22.6. The van der Waals surface area contributed by atoms with Gasteiger partial charge in [0.25, 0.3) is 0 Å². The van der Waals surface area contributed by atoms with E-state index in [1.54, 1.807) is 40.9 Å². The van der Waals surface area contributed by atoms with Crippen LogP contribution in [0.25, 0.3) is 0 Å². The number of esters is 1. The summed E-state index contributed by atoms with van der Waals surface area (Å²) >= 11 is 1.79. The highest BCUT2D eigenvalue weighted by atomic mass is 32.2. The fourth-order valence-corrected chi connectivity index (χ4v) is 6.72. The lowest BCUT2D eigenvalue weighted by Gasteiger charge is -2.51. The third-order valence-electron chi connectivity index (χ3n) is 6.71. The molecule has 2 aromatic rings. The quantitative estimate of drug-likeness (QED) is 0.652. The number of ether oxygens (including phenoxy) is 2. The predicted octanol–water partition coefficient (Wildman–Crippen LogP) is 4.38. The Morgan fingerprint density at radius 2 is 1.78 bits per heavy atom. The van der Waals surface area contributed by atoms with Gasteiger partial charge in [0.05, 0.1) is 31.4 Å². The number of piperidine rings is 1. The minimum Gasteiger partial charge on any atom is -0.462 e. The Morgan fingerprint density at radius 3 is 2.47 bits per heavy atom. The summed E-state index contributed by atoms with van der Waals surface area (Å²) in [5, 5.41) is 11.1. The SMILES string of the molecule is COC(=O)N1CCC(Sc2ccccc2)C2(CCOC(=O)c3ccccc3)CCC(O)C12. The van der Waals surface area contributed by atoms with Gasteiger partial charge in [0, 0.05) is 22.1 Å². The van der Waals surface area contributed by atoms with Gasteiger partial charge in [-0.05, 0) is 49.9 Å². The molecule has 4 unspecified atom stereocenters. The molecule has 7 heteroatoms. The number of methoxy groups -OCH3 is 1. The summed E-state index contributed by atoms with van der Waals surface area (Å²) in [6.45, 7) is 0.766. The summed E-state index contributed by atoms with van der Waals surface area (Å²) in [6.07, 6.45) is 1.69. The first kappa shape index (κ1) is 22.7. The van der Waals surface area contributed by atoms with Crippen LogP contribution in [0, 0.1) is 5.41 Å². The number of aliphatic hydroxyl groups excluding tert-OH is 1. The van der Waals surface area contributed by atoms with Crippen molar-refractivity contribution in [3.63, 3.8) is 0 Å². The Balaban J connectivity index is 1.56. The van der Waals surface area contributed by atoms with Crippen molar-refractivity contribution in [1.29, 1.82) is 0 Å². The second-order valence-corrected chi connectivity index (χ2v) is 9.68. The van der Waals surface area contributed by atoms with Crippen molar-refractivity contribution in [1.82, 2.24) is 4.90 Å². The van der Waals surface area contributed by atoms with Gasteiger partial charge in [-0.1, -0.05) is 36.4 Å². The number of benzene rings is 2. The van der Waals surface area contributed by atoms with Gasteiger partial charge in [-0.15, -0.1) is 11.8 Å². The molecule has 1 aliphatic carbocycles. The van der Waals surface area contributed by atoms with Crippen LogP contribution in [0.3, 0.4) is 0 Å². The minimum atomic E-state index is -0.627. The standard InChI is InChI=1S/C25H29NO5S/c1-30-24(29)26-16-13-21(32-19-10-6-3-7-11-19)25(14-12-20(27)22(25)26)15-17-31-23(28)18-8-4-2-5-9-18/h2-11,20-22,27H,12-17H2,1H3. The summed E-state index contributed by atoms with van der Waals surface area (Å²) in [4.78, 5) is 27.8. The summed E-state index contributed by atoms with van der Waals surface area (Å²) in [5.74, 6) is -0.356. The van der Waals surface area contributed by atoms with E-state index in [-0.39, 0.29) is 29.3 Å². The average molecular weight is 456 g/mol. The first-order valence-electron chi connectivity index (χ1n) is 11.0. The summed E-state index contributed by atoms with van der Waals surface area (Å²) in [6, 6.07) is 18.8. The van der Waals surface area contributed by atoms with Crippen molar-refractivity contribution in [2.45, 2.75) is 48.0 Å². The largest absolute Gasteiger partial charge is 0.462 e. The Labute approximate surface area is 192 Å². The lowest BCUT2D eigenvalue weighted by Crippen LogP contribution is -2.60. The fourth-order valence-electron chi connectivity index (χ4n) is 5.24. The number of carbonyl (C=O) groups excluding carboxylic acids is 2. The molecule has 2 aliphatic rings. The van der Waals surface area contributed by atoms with Crippen molar-refractivity contribution < 1.29 is 24.2 Å². The van der Waals surface area contributed by atoms with Gasteiger partial charge in [-0.25, -0.2) is 9.59 Å². The summed E-state index contributed by atoms with van der Waals surface area (Å²) < 4.78 is 10.7. The first-order chi connectivity index (χ1) is 15.5. The van der Waals surface area contributed by atoms with Crippen molar-refractivity contribution in [2.75, 3.05) is 20.3 Å².